The molecule has 0 aliphatic carbocycles. The van der Waals surface area contributed by atoms with E-state index in [4.69, 9.17) is 17.0 Å². The second-order valence-electron chi connectivity index (χ2n) is 4.88. The number of aromatic nitrogens is 1. The Morgan fingerprint density at radius 2 is 1.90 bits per heavy atom. The van der Waals surface area contributed by atoms with Gasteiger partial charge in [-0.1, -0.05) is 42.0 Å². The molecule has 0 spiro atoms. The van der Waals surface area contributed by atoms with Crippen LogP contribution >= 0.6 is 12.2 Å². The number of aryl methyl sites for hydroxylation is 2. The quantitative estimate of drug-likeness (QED) is 0.634. The summed E-state index contributed by atoms with van der Waals surface area (Å²) in [4.78, 5) is 14.9. The van der Waals surface area contributed by atoms with Crippen LogP contribution in [0.3, 0.4) is 0 Å². The van der Waals surface area contributed by atoms with Gasteiger partial charge in [-0.2, -0.15) is 0 Å². The maximum absolute atomic E-state index is 11.9. The molecule has 20 heavy (non-hydrogen) atoms. The largest absolute Gasteiger partial charge is 0.422 e. The molecule has 0 unspecified atom stereocenters. The van der Waals surface area contributed by atoms with Gasteiger partial charge in [0.05, 0.1) is 0 Å². The number of esters is 1. The summed E-state index contributed by atoms with van der Waals surface area (Å²) in [7, 11) is 0. The summed E-state index contributed by atoms with van der Waals surface area (Å²) in [6.07, 6.45) is 1.86. The van der Waals surface area contributed by atoms with Crippen molar-refractivity contribution in [1.82, 2.24) is 4.98 Å². The van der Waals surface area contributed by atoms with Crippen LogP contribution in [0.25, 0.3) is 11.8 Å². The highest BCUT2D eigenvalue weighted by Crippen LogP contribution is 2.32. The van der Waals surface area contributed by atoms with E-state index < -0.39 is 0 Å². The molecule has 0 bridgehead atoms. The number of ether oxygens (including phenoxy) is 1. The maximum Gasteiger partial charge on any atom is 0.347 e. The van der Waals surface area contributed by atoms with E-state index in [0.29, 0.717) is 16.0 Å². The summed E-state index contributed by atoms with van der Waals surface area (Å²) < 4.78 is 5.77. The summed E-state index contributed by atoms with van der Waals surface area (Å²) in [5.41, 5.74) is 4.29. The second kappa shape index (κ2) is 4.72. The van der Waals surface area contributed by atoms with Gasteiger partial charge in [-0.05, 0) is 31.6 Å². The first-order chi connectivity index (χ1) is 9.54. The number of aromatic amines is 1. The molecule has 1 aliphatic heterocycles. The van der Waals surface area contributed by atoms with Crippen LogP contribution in [-0.4, -0.2) is 11.0 Å². The van der Waals surface area contributed by atoms with Crippen molar-refractivity contribution in [3.8, 4) is 0 Å². The molecule has 2 aromatic rings. The molecule has 4 heteroatoms. The van der Waals surface area contributed by atoms with Crippen molar-refractivity contribution >= 4 is 30.0 Å². The minimum atomic E-state index is -0.389. The number of benzene rings is 1. The summed E-state index contributed by atoms with van der Waals surface area (Å²) in [6, 6.07) is 9.91. The van der Waals surface area contributed by atoms with Crippen LogP contribution in [0.1, 0.15) is 32.7 Å². The lowest BCUT2D eigenvalue weighted by atomic mass is 10.1. The number of carbonyl (C=O) groups is 1. The molecule has 1 aromatic carbocycles. The Hall–Kier alpha value is -2.20. The third-order valence-electron chi connectivity index (χ3n) is 3.22. The molecule has 1 N–H and O–H groups in total. The van der Waals surface area contributed by atoms with Gasteiger partial charge in [-0.3, -0.25) is 0 Å². The van der Waals surface area contributed by atoms with Gasteiger partial charge in [0, 0.05) is 11.3 Å². The van der Waals surface area contributed by atoms with E-state index in [1.54, 1.807) is 0 Å². The predicted octanol–water partition coefficient (Wildman–Crippen LogP) is 4.03. The predicted molar refractivity (Wildman–Crippen MR) is 80.8 cm³/mol. The molecule has 0 saturated heterocycles. The number of rotatable bonds is 1. The summed E-state index contributed by atoms with van der Waals surface area (Å²) in [6.45, 7) is 3.94. The Morgan fingerprint density at radius 3 is 2.60 bits per heavy atom. The average molecular weight is 283 g/mol. The Balaban J connectivity index is 2.13. The van der Waals surface area contributed by atoms with Gasteiger partial charge in [-0.15, -0.1) is 0 Å². The third-order valence-corrected chi connectivity index (χ3v) is 3.52. The first-order valence-electron chi connectivity index (χ1n) is 6.29. The van der Waals surface area contributed by atoms with Crippen molar-refractivity contribution in [2.75, 3.05) is 0 Å². The molecule has 2 heterocycles. The number of cyclic esters (lactones) is 1. The highest BCUT2D eigenvalue weighted by Gasteiger charge is 2.28. The second-order valence-corrected chi connectivity index (χ2v) is 5.29. The average Bonchev–Trinajstić information content (AvgIpc) is 2.69. The van der Waals surface area contributed by atoms with Gasteiger partial charge in [0.2, 0.25) is 0 Å². The van der Waals surface area contributed by atoms with Crippen LogP contribution < -0.4 is 0 Å². The van der Waals surface area contributed by atoms with Gasteiger partial charge >= 0.3 is 5.97 Å². The molecular formula is C16H13NO2S. The van der Waals surface area contributed by atoms with E-state index in [1.807, 2.05) is 50.3 Å². The molecule has 3 nitrogen and oxygen atoms in total. The minimum absolute atomic E-state index is 0.389. The summed E-state index contributed by atoms with van der Waals surface area (Å²) in [5.74, 6) is 0.164. The first-order valence-corrected chi connectivity index (χ1v) is 6.70. The Bertz CT molecular complexity index is 785. The summed E-state index contributed by atoms with van der Waals surface area (Å²) >= 11 is 5.19. The van der Waals surface area contributed by atoms with Crippen LogP contribution in [0.4, 0.5) is 0 Å². The number of H-pyrrole nitrogens is 1. The fourth-order valence-electron chi connectivity index (χ4n) is 2.21. The lowest BCUT2D eigenvalue weighted by molar-refractivity contribution is 0.0716. The Labute approximate surface area is 121 Å². The smallest absolute Gasteiger partial charge is 0.347 e. The van der Waals surface area contributed by atoms with Crippen molar-refractivity contribution < 1.29 is 9.53 Å². The van der Waals surface area contributed by atoms with E-state index in [1.165, 1.54) is 5.56 Å². The van der Waals surface area contributed by atoms with E-state index in [-0.39, 0.29) is 5.97 Å². The number of fused-ring (bicyclic) bond motifs is 1. The third kappa shape index (κ3) is 2.18. The van der Waals surface area contributed by atoms with Gasteiger partial charge in [0.1, 0.15) is 16.0 Å². The first kappa shape index (κ1) is 12.8. The zero-order chi connectivity index (χ0) is 14.3. The molecule has 100 valence electrons. The molecule has 0 amide bonds. The molecule has 1 aromatic heterocycles. The zero-order valence-corrected chi connectivity index (χ0v) is 12.0. The van der Waals surface area contributed by atoms with Crippen LogP contribution in [0.15, 0.2) is 30.3 Å². The van der Waals surface area contributed by atoms with Gasteiger partial charge in [-0.25, -0.2) is 4.79 Å². The summed E-state index contributed by atoms with van der Waals surface area (Å²) in [5, 5.41) is 0. The molecule has 0 fully saturated rings. The van der Waals surface area contributed by atoms with Crippen molar-refractivity contribution in [3.63, 3.8) is 0 Å². The highest BCUT2D eigenvalue weighted by atomic mass is 32.1. The zero-order valence-electron chi connectivity index (χ0n) is 11.2. The van der Waals surface area contributed by atoms with Crippen LogP contribution in [0.5, 0.6) is 0 Å². The van der Waals surface area contributed by atoms with Crippen LogP contribution in [0, 0.1) is 18.5 Å². The Kier molecular flexibility index (Phi) is 3.03. The van der Waals surface area contributed by atoms with Crippen LogP contribution in [-0.2, 0) is 4.74 Å². The highest BCUT2D eigenvalue weighted by molar-refractivity contribution is 7.71. The van der Waals surface area contributed by atoms with Crippen molar-refractivity contribution in [2.45, 2.75) is 13.8 Å². The van der Waals surface area contributed by atoms with E-state index >= 15 is 0 Å². The Morgan fingerprint density at radius 1 is 1.20 bits per heavy atom. The van der Waals surface area contributed by atoms with Crippen molar-refractivity contribution in [3.05, 3.63) is 62.9 Å². The van der Waals surface area contributed by atoms with Crippen molar-refractivity contribution in [2.24, 2.45) is 0 Å². The lowest BCUT2D eigenvalue weighted by Crippen LogP contribution is -1.97. The molecule has 3 rings (SSSR count). The monoisotopic (exact) mass is 283 g/mol. The van der Waals surface area contributed by atoms with Gasteiger partial charge in [0.25, 0.3) is 0 Å². The number of hydrogen-bond donors (Lipinski definition) is 1. The van der Waals surface area contributed by atoms with Gasteiger partial charge in [0.15, 0.2) is 0 Å². The van der Waals surface area contributed by atoms with Crippen LogP contribution in [0.2, 0.25) is 0 Å². The van der Waals surface area contributed by atoms with Gasteiger partial charge < -0.3 is 9.72 Å². The van der Waals surface area contributed by atoms with E-state index in [9.17, 15) is 4.79 Å². The number of carbonyl (C=O) groups excluding carboxylic acids is 1. The lowest BCUT2D eigenvalue weighted by Gasteiger charge is -2.01. The SMILES string of the molecule is Cc1ccc(/C=C2\OC(=O)c3c2cc(C)[nH]c3=S)cc1. The molecule has 0 atom stereocenters. The van der Waals surface area contributed by atoms with Crippen molar-refractivity contribution in [1.29, 1.82) is 0 Å². The van der Waals surface area contributed by atoms with E-state index in [2.05, 4.69) is 4.98 Å². The minimum Gasteiger partial charge on any atom is -0.422 e. The molecular weight excluding hydrogens is 270 g/mol. The number of pyridine rings is 1. The normalized spacial score (nSPS) is 15.3. The molecule has 1 aliphatic rings. The number of nitrogens with one attached hydrogen (secondary N) is 1. The maximum atomic E-state index is 11.9. The fraction of sp³-hybridized carbons (Fsp3) is 0.125. The standard InChI is InChI=1S/C16H13NO2S/c1-9-3-5-11(6-4-9)8-13-12-7-10(2)17-15(20)14(12)16(18)19-13/h3-8H,1-2H3,(H,17,20)/b13-8-. The number of hydrogen-bond acceptors (Lipinski definition) is 3. The van der Waals surface area contributed by atoms with E-state index in [0.717, 1.165) is 16.8 Å². The molecule has 0 radical (unpaired) electrons. The topological polar surface area (TPSA) is 42.1 Å². The fourth-order valence-corrected chi connectivity index (χ4v) is 2.57. The molecule has 0 saturated carbocycles.